The van der Waals surface area contributed by atoms with E-state index in [1.54, 1.807) is 31.2 Å². The molecule has 1 aliphatic heterocycles. The standard InChI is InChI=1S/C25H24BrClN2O5/c1-13-6-7-17-18(10-13)24(32)29(23(17)31)16-5-3-4-15(11-16)25(33)34-12-21(30)28-20-9-8-19(26)22(27)14(20)2/h3-5,8-9,11,13,17-18H,6-7,10,12H2,1-2H3,(H,28,30)/t13-,17+,18+/m0/s1. The molecule has 4 rings (SSSR count). The van der Waals surface area contributed by atoms with Crippen molar-refractivity contribution in [3.8, 4) is 0 Å². The molecule has 2 fully saturated rings. The van der Waals surface area contributed by atoms with Crippen molar-refractivity contribution < 1.29 is 23.9 Å². The van der Waals surface area contributed by atoms with E-state index in [0.717, 1.165) is 6.42 Å². The zero-order valence-electron chi connectivity index (χ0n) is 18.8. The SMILES string of the molecule is Cc1c(NC(=O)COC(=O)c2cccc(N3C(=O)[C@@H]4CC[C@H](C)C[C@H]4C3=O)c2)ccc(Br)c1Cl. The molecule has 0 bridgehead atoms. The van der Waals surface area contributed by atoms with Crippen LogP contribution < -0.4 is 10.2 Å². The Bertz CT molecular complexity index is 1180. The van der Waals surface area contributed by atoms with Gasteiger partial charge in [-0.1, -0.05) is 24.6 Å². The Labute approximate surface area is 210 Å². The second-order valence-electron chi connectivity index (χ2n) is 8.85. The number of imide groups is 1. The van der Waals surface area contributed by atoms with Crippen molar-refractivity contribution in [3.05, 3.63) is 57.0 Å². The number of halogens is 2. The largest absolute Gasteiger partial charge is 0.452 e. The number of esters is 1. The van der Waals surface area contributed by atoms with E-state index < -0.39 is 18.5 Å². The first-order chi connectivity index (χ1) is 16.2. The summed E-state index contributed by atoms with van der Waals surface area (Å²) in [4.78, 5) is 51.9. The highest BCUT2D eigenvalue weighted by atomic mass is 79.9. The average molecular weight is 548 g/mol. The van der Waals surface area contributed by atoms with Gasteiger partial charge in [0.1, 0.15) is 0 Å². The molecule has 9 heteroatoms. The highest BCUT2D eigenvalue weighted by Crippen LogP contribution is 2.42. The molecule has 0 radical (unpaired) electrons. The molecule has 1 aliphatic carbocycles. The second-order valence-corrected chi connectivity index (χ2v) is 10.1. The van der Waals surface area contributed by atoms with Crippen LogP contribution in [0, 0.1) is 24.7 Å². The fraction of sp³-hybridized carbons (Fsp3) is 0.360. The van der Waals surface area contributed by atoms with Crippen LogP contribution in [0.3, 0.4) is 0 Å². The highest BCUT2D eigenvalue weighted by molar-refractivity contribution is 9.10. The number of rotatable bonds is 5. The van der Waals surface area contributed by atoms with Gasteiger partial charge in [-0.2, -0.15) is 0 Å². The Morgan fingerprint density at radius 1 is 1.15 bits per heavy atom. The molecule has 2 aromatic carbocycles. The average Bonchev–Trinajstić information content (AvgIpc) is 3.07. The van der Waals surface area contributed by atoms with E-state index in [-0.39, 0.29) is 29.2 Å². The topological polar surface area (TPSA) is 92.8 Å². The second kappa shape index (κ2) is 9.88. The maximum Gasteiger partial charge on any atom is 0.338 e. The third-order valence-corrected chi connectivity index (χ3v) is 7.85. The Balaban J connectivity index is 1.41. The molecular formula is C25H24BrClN2O5. The zero-order chi connectivity index (χ0) is 24.6. The van der Waals surface area contributed by atoms with E-state index in [2.05, 4.69) is 28.2 Å². The van der Waals surface area contributed by atoms with Gasteiger partial charge in [0, 0.05) is 10.2 Å². The molecule has 1 saturated heterocycles. The minimum absolute atomic E-state index is 0.150. The first-order valence-electron chi connectivity index (χ1n) is 11.1. The van der Waals surface area contributed by atoms with Gasteiger partial charge in [-0.15, -0.1) is 0 Å². The number of fused-ring (bicyclic) bond motifs is 1. The number of carbonyl (C=O) groups excluding carboxylic acids is 4. The van der Waals surface area contributed by atoms with Crippen molar-refractivity contribution in [2.24, 2.45) is 17.8 Å². The first kappa shape index (κ1) is 24.4. The maximum atomic E-state index is 13.0. The van der Waals surface area contributed by atoms with Crippen LogP contribution in [0.5, 0.6) is 0 Å². The van der Waals surface area contributed by atoms with Crippen LogP contribution >= 0.6 is 27.5 Å². The fourth-order valence-electron chi connectivity index (χ4n) is 4.60. The lowest BCUT2D eigenvalue weighted by atomic mass is 9.76. The van der Waals surface area contributed by atoms with Gasteiger partial charge in [0.15, 0.2) is 6.61 Å². The van der Waals surface area contributed by atoms with E-state index >= 15 is 0 Å². The van der Waals surface area contributed by atoms with Crippen LogP contribution in [0.15, 0.2) is 40.9 Å². The maximum absolute atomic E-state index is 13.0. The molecule has 1 saturated carbocycles. The summed E-state index contributed by atoms with van der Waals surface area (Å²) in [7, 11) is 0. The molecule has 3 atom stereocenters. The highest BCUT2D eigenvalue weighted by Gasteiger charge is 2.50. The van der Waals surface area contributed by atoms with Crippen LogP contribution in [-0.2, 0) is 19.1 Å². The lowest BCUT2D eigenvalue weighted by molar-refractivity contribution is -0.122. The minimum atomic E-state index is -0.729. The number of nitrogens with one attached hydrogen (secondary N) is 1. The van der Waals surface area contributed by atoms with E-state index in [0.29, 0.717) is 45.2 Å². The summed E-state index contributed by atoms with van der Waals surface area (Å²) in [6, 6.07) is 9.58. The molecule has 1 heterocycles. The number of nitrogens with zero attached hydrogens (tertiary/aromatic N) is 1. The van der Waals surface area contributed by atoms with Crippen molar-refractivity contribution in [2.75, 3.05) is 16.8 Å². The number of benzene rings is 2. The van der Waals surface area contributed by atoms with Crippen molar-refractivity contribution in [1.29, 1.82) is 0 Å². The quantitative estimate of drug-likeness (QED) is 0.414. The number of hydrogen-bond acceptors (Lipinski definition) is 5. The number of anilines is 2. The van der Waals surface area contributed by atoms with Crippen molar-refractivity contribution in [2.45, 2.75) is 33.1 Å². The molecule has 0 spiro atoms. The third-order valence-electron chi connectivity index (χ3n) is 6.48. The van der Waals surface area contributed by atoms with Crippen LogP contribution in [0.25, 0.3) is 0 Å². The molecule has 3 amide bonds. The van der Waals surface area contributed by atoms with Gasteiger partial charge < -0.3 is 10.1 Å². The van der Waals surface area contributed by atoms with Crippen molar-refractivity contribution >= 4 is 62.6 Å². The van der Waals surface area contributed by atoms with Crippen LogP contribution in [0.4, 0.5) is 11.4 Å². The predicted molar refractivity (Wildman–Crippen MR) is 132 cm³/mol. The van der Waals surface area contributed by atoms with Crippen LogP contribution in [0.2, 0.25) is 5.02 Å². The van der Waals surface area contributed by atoms with Gasteiger partial charge >= 0.3 is 5.97 Å². The Kier molecular flexibility index (Phi) is 7.09. The lowest BCUT2D eigenvalue weighted by Gasteiger charge is -2.25. The molecule has 2 aliphatic rings. The van der Waals surface area contributed by atoms with E-state index in [1.165, 1.54) is 17.0 Å². The Morgan fingerprint density at radius 2 is 1.88 bits per heavy atom. The van der Waals surface area contributed by atoms with Gasteiger partial charge in [0.2, 0.25) is 11.8 Å². The lowest BCUT2D eigenvalue weighted by Crippen LogP contribution is -2.31. The summed E-state index contributed by atoms with van der Waals surface area (Å²) in [6.07, 6.45) is 2.33. The Morgan fingerprint density at radius 3 is 2.65 bits per heavy atom. The Hall–Kier alpha value is -2.71. The molecule has 0 unspecified atom stereocenters. The molecule has 1 N–H and O–H groups in total. The number of carbonyl (C=O) groups is 4. The summed E-state index contributed by atoms with van der Waals surface area (Å²) in [6.45, 7) is 3.35. The van der Waals surface area contributed by atoms with Crippen LogP contribution in [0.1, 0.15) is 42.1 Å². The summed E-state index contributed by atoms with van der Waals surface area (Å²) < 4.78 is 5.86. The van der Waals surface area contributed by atoms with E-state index in [1.807, 2.05) is 0 Å². The molecule has 2 aromatic rings. The van der Waals surface area contributed by atoms with E-state index in [9.17, 15) is 19.2 Å². The van der Waals surface area contributed by atoms with Gasteiger partial charge in [-0.3, -0.25) is 19.3 Å². The molecular weight excluding hydrogens is 524 g/mol. The molecule has 178 valence electrons. The molecule has 0 aromatic heterocycles. The third kappa shape index (κ3) is 4.74. The molecule has 7 nitrogen and oxygen atoms in total. The normalized spacial score (nSPS) is 21.9. The van der Waals surface area contributed by atoms with Gasteiger partial charge in [-0.05, 0) is 83.9 Å². The van der Waals surface area contributed by atoms with E-state index in [4.69, 9.17) is 16.3 Å². The van der Waals surface area contributed by atoms with Crippen LogP contribution in [-0.4, -0.2) is 30.3 Å². The fourth-order valence-corrected chi connectivity index (χ4v) is 5.20. The number of amides is 3. The molecule has 34 heavy (non-hydrogen) atoms. The first-order valence-corrected chi connectivity index (χ1v) is 12.2. The zero-order valence-corrected chi connectivity index (χ0v) is 21.1. The summed E-state index contributed by atoms with van der Waals surface area (Å²) in [5, 5.41) is 3.14. The summed E-state index contributed by atoms with van der Waals surface area (Å²) >= 11 is 9.49. The van der Waals surface area contributed by atoms with Gasteiger partial charge in [-0.25, -0.2) is 4.79 Å². The van der Waals surface area contributed by atoms with Crippen molar-refractivity contribution in [1.82, 2.24) is 0 Å². The monoisotopic (exact) mass is 546 g/mol. The number of ether oxygens (including phenoxy) is 1. The summed E-state index contributed by atoms with van der Waals surface area (Å²) in [5.74, 6) is -1.86. The minimum Gasteiger partial charge on any atom is -0.452 e. The van der Waals surface area contributed by atoms with Gasteiger partial charge in [0.05, 0.1) is 28.1 Å². The number of hydrogen-bond donors (Lipinski definition) is 1. The summed E-state index contributed by atoms with van der Waals surface area (Å²) in [5.41, 5.74) is 1.68. The predicted octanol–water partition coefficient (Wildman–Crippen LogP) is 5.13. The van der Waals surface area contributed by atoms with Crippen molar-refractivity contribution in [3.63, 3.8) is 0 Å². The smallest absolute Gasteiger partial charge is 0.338 e. The van der Waals surface area contributed by atoms with Gasteiger partial charge in [0.25, 0.3) is 5.91 Å².